The molecule has 2 aromatic carbocycles. The minimum atomic E-state index is -0.429. The Balaban J connectivity index is 1.60. The summed E-state index contributed by atoms with van der Waals surface area (Å²) in [7, 11) is 5.93. The lowest BCUT2D eigenvalue weighted by Gasteiger charge is -2.72. The molecule has 6 aliphatic rings. The molecule has 1 saturated heterocycles. The average Bonchev–Trinajstić information content (AvgIpc) is 3.19. The van der Waals surface area contributed by atoms with Gasteiger partial charge in [0, 0.05) is 24.1 Å². The van der Waals surface area contributed by atoms with Crippen LogP contribution in [0.25, 0.3) is 0 Å². The SMILES string of the molecule is COc1ccc2c3c1O[C@@H]1[C@]34CCN(C)[C@H](C2)[C@]42C=C[C@]1(OC)C[C@H]2c1ccccc1. The molecule has 0 unspecified atom stereocenters. The Morgan fingerprint density at radius 1 is 1.06 bits per heavy atom. The average molecular weight is 416 g/mol. The van der Waals surface area contributed by atoms with E-state index >= 15 is 0 Å². The largest absolute Gasteiger partial charge is 0.493 e. The molecule has 31 heavy (non-hydrogen) atoms. The first-order valence-corrected chi connectivity index (χ1v) is 11.5. The van der Waals surface area contributed by atoms with Gasteiger partial charge in [-0.2, -0.15) is 0 Å². The maximum absolute atomic E-state index is 6.92. The molecule has 160 valence electrons. The van der Waals surface area contributed by atoms with Gasteiger partial charge in [0.1, 0.15) is 11.7 Å². The van der Waals surface area contributed by atoms with E-state index in [1.807, 2.05) is 7.11 Å². The molecule has 0 N–H and O–H groups in total. The van der Waals surface area contributed by atoms with E-state index in [-0.39, 0.29) is 16.9 Å². The van der Waals surface area contributed by atoms with Gasteiger partial charge in [-0.3, -0.25) is 0 Å². The minimum Gasteiger partial charge on any atom is -0.493 e. The second-order valence-corrected chi connectivity index (χ2v) is 10.1. The minimum absolute atomic E-state index is 0.0169. The zero-order chi connectivity index (χ0) is 21.0. The topological polar surface area (TPSA) is 30.9 Å². The van der Waals surface area contributed by atoms with Gasteiger partial charge in [0.2, 0.25) is 0 Å². The number of nitrogens with zero attached hydrogens (tertiary/aromatic N) is 1. The second kappa shape index (κ2) is 5.73. The second-order valence-electron chi connectivity index (χ2n) is 10.1. The summed E-state index contributed by atoms with van der Waals surface area (Å²) in [5, 5.41) is 0. The van der Waals surface area contributed by atoms with Crippen molar-refractivity contribution in [2.75, 3.05) is 27.8 Å². The standard InChI is InChI=1S/C27H29NO3/c1-28-14-13-27-22-18-9-10-20(29-2)23(22)31-24(27)25(30-3)11-12-26(27,21(28)15-18)19(16-25)17-7-5-4-6-8-17/h4-12,19,21,24H,13-16H2,1-3H3/t19-,21+,24-,25-,26+,27-/m0/s1. The molecule has 1 saturated carbocycles. The third-order valence-corrected chi connectivity index (χ3v) is 9.45. The Labute approximate surface area is 183 Å². The lowest BCUT2D eigenvalue weighted by atomic mass is 9.35. The van der Waals surface area contributed by atoms with Crippen molar-refractivity contribution >= 4 is 0 Å². The molecule has 4 heteroatoms. The summed E-state index contributed by atoms with van der Waals surface area (Å²) in [5.41, 5.74) is 3.72. The van der Waals surface area contributed by atoms with Crippen molar-refractivity contribution in [3.63, 3.8) is 0 Å². The van der Waals surface area contributed by atoms with Gasteiger partial charge < -0.3 is 19.1 Å². The van der Waals surface area contributed by atoms with Crippen molar-refractivity contribution in [3.8, 4) is 11.5 Å². The van der Waals surface area contributed by atoms with Gasteiger partial charge in [-0.15, -0.1) is 0 Å². The number of hydrogen-bond donors (Lipinski definition) is 0. The highest BCUT2D eigenvalue weighted by Gasteiger charge is 2.79. The normalized spacial score (nSPS) is 41.1. The summed E-state index contributed by atoms with van der Waals surface area (Å²) in [6.07, 6.45) is 7.97. The Morgan fingerprint density at radius 2 is 1.90 bits per heavy atom. The van der Waals surface area contributed by atoms with Crippen molar-refractivity contribution < 1.29 is 14.2 Å². The van der Waals surface area contributed by atoms with Crippen LogP contribution in [0.15, 0.2) is 54.6 Å². The highest BCUT2D eigenvalue weighted by molar-refractivity contribution is 5.66. The maximum Gasteiger partial charge on any atom is 0.166 e. The van der Waals surface area contributed by atoms with E-state index in [0.29, 0.717) is 12.0 Å². The predicted molar refractivity (Wildman–Crippen MR) is 119 cm³/mol. The Morgan fingerprint density at radius 3 is 2.68 bits per heavy atom. The third-order valence-electron chi connectivity index (χ3n) is 9.45. The van der Waals surface area contributed by atoms with E-state index in [1.165, 1.54) is 16.7 Å². The molecule has 2 fully saturated rings. The highest BCUT2D eigenvalue weighted by atomic mass is 16.6. The number of piperidine rings is 1. The molecule has 2 aromatic rings. The van der Waals surface area contributed by atoms with Crippen LogP contribution in [0.3, 0.4) is 0 Å². The first-order chi connectivity index (χ1) is 15.1. The van der Waals surface area contributed by atoms with Crippen LogP contribution in [0.5, 0.6) is 11.5 Å². The first-order valence-electron chi connectivity index (χ1n) is 11.5. The zero-order valence-corrected chi connectivity index (χ0v) is 18.4. The maximum atomic E-state index is 6.92. The molecule has 2 heterocycles. The first kappa shape index (κ1) is 18.3. The number of methoxy groups -OCH3 is 2. The summed E-state index contributed by atoms with van der Waals surface area (Å²) in [5.74, 6) is 2.21. The van der Waals surface area contributed by atoms with Crippen LogP contribution in [0.2, 0.25) is 0 Å². The molecule has 2 aliphatic heterocycles. The lowest BCUT2D eigenvalue weighted by Crippen LogP contribution is -2.78. The fourth-order valence-corrected chi connectivity index (χ4v) is 8.31. The van der Waals surface area contributed by atoms with Gasteiger partial charge in [0.15, 0.2) is 11.5 Å². The smallest absolute Gasteiger partial charge is 0.166 e. The third kappa shape index (κ3) is 1.80. The zero-order valence-electron chi connectivity index (χ0n) is 18.4. The van der Waals surface area contributed by atoms with Gasteiger partial charge in [-0.05, 0) is 56.0 Å². The van der Waals surface area contributed by atoms with Crippen LogP contribution in [0.1, 0.15) is 35.4 Å². The van der Waals surface area contributed by atoms with E-state index in [1.54, 1.807) is 7.11 Å². The summed E-state index contributed by atoms with van der Waals surface area (Å²) >= 11 is 0. The van der Waals surface area contributed by atoms with Crippen LogP contribution in [-0.4, -0.2) is 50.5 Å². The molecular weight excluding hydrogens is 386 g/mol. The van der Waals surface area contributed by atoms with Crippen molar-refractivity contribution in [3.05, 3.63) is 71.3 Å². The van der Waals surface area contributed by atoms with E-state index in [0.717, 1.165) is 37.3 Å². The fraction of sp³-hybridized carbons (Fsp3) is 0.481. The Bertz CT molecular complexity index is 1110. The summed E-state index contributed by atoms with van der Waals surface area (Å²) in [6, 6.07) is 15.9. The number of fused-ring (bicyclic) bond motifs is 1. The van der Waals surface area contributed by atoms with Gasteiger partial charge >= 0.3 is 0 Å². The fourth-order valence-electron chi connectivity index (χ4n) is 8.31. The van der Waals surface area contributed by atoms with Crippen LogP contribution in [0, 0.1) is 5.41 Å². The van der Waals surface area contributed by atoms with E-state index in [2.05, 4.69) is 66.6 Å². The van der Waals surface area contributed by atoms with E-state index in [9.17, 15) is 0 Å². The highest BCUT2D eigenvalue weighted by Crippen LogP contribution is 2.76. The Hall–Kier alpha value is -2.30. The number of ether oxygens (including phenoxy) is 3. The monoisotopic (exact) mass is 415 g/mol. The summed E-state index contributed by atoms with van der Waals surface area (Å²) in [6.45, 7) is 1.08. The molecule has 8 rings (SSSR count). The van der Waals surface area contributed by atoms with Crippen molar-refractivity contribution in [2.45, 2.75) is 48.3 Å². The Kier molecular flexibility index (Phi) is 3.38. The van der Waals surface area contributed by atoms with Crippen LogP contribution in [0.4, 0.5) is 0 Å². The van der Waals surface area contributed by atoms with Crippen molar-refractivity contribution in [1.82, 2.24) is 4.90 Å². The van der Waals surface area contributed by atoms with Crippen LogP contribution in [-0.2, 0) is 16.6 Å². The molecule has 0 radical (unpaired) electrons. The summed E-state index contributed by atoms with van der Waals surface area (Å²) in [4.78, 5) is 2.61. The number of likely N-dealkylation sites (N-methyl/N-ethyl adjacent to an activating group) is 1. The van der Waals surface area contributed by atoms with Crippen LogP contribution < -0.4 is 9.47 Å². The molecule has 4 nitrogen and oxygen atoms in total. The number of benzene rings is 2. The van der Waals surface area contributed by atoms with Gasteiger partial charge in [0.05, 0.1) is 12.5 Å². The van der Waals surface area contributed by atoms with Gasteiger partial charge in [-0.25, -0.2) is 0 Å². The molecule has 2 spiro atoms. The van der Waals surface area contributed by atoms with Crippen LogP contribution >= 0.6 is 0 Å². The van der Waals surface area contributed by atoms with Gasteiger partial charge in [-0.1, -0.05) is 48.6 Å². The summed E-state index contributed by atoms with van der Waals surface area (Å²) < 4.78 is 19.1. The lowest BCUT2D eigenvalue weighted by molar-refractivity contribution is -0.196. The van der Waals surface area contributed by atoms with Crippen molar-refractivity contribution in [2.24, 2.45) is 5.41 Å². The van der Waals surface area contributed by atoms with Gasteiger partial charge in [0.25, 0.3) is 0 Å². The number of likely N-dealkylation sites (tertiary alicyclic amines) is 1. The number of hydrogen-bond acceptors (Lipinski definition) is 4. The molecule has 6 atom stereocenters. The molecule has 0 amide bonds. The van der Waals surface area contributed by atoms with Crippen molar-refractivity contribution in [1.29, 1.82) is 0 Å². The predicted octanol–water partition coefficient (Wildman–Crippen LogP) is 4.08. The molecule has 4 aliphatic carbocycles. The van der Waals surface area contributed by atoms with E-state index < -0.39 is 5.60 Å². The van der Waals surface area contributed by atoms with E-state index in [4.69, 9.17) is 14.2 Å². The number of rotatable bonds is 3. The molecule has 4 bridgehead atoms. The quantitative estimate of drug-likeness (QED) is 0.707. The molecule has 0 aromatic heterocycles. The molecular formula is C27H29NO3.